The van der Waals surface area contributed by atoms with E-state index in [9.17, 15) is 4.79 Å². The molecule has 3 nitrogen and oxygen atoms in total. The third-order valence-corrected chi connectivity index (χ3v) is 1.42. The van der Waals surface area contributed by atoms with Gasteiger partial charge in [0.15, 0.2) is 6.10 Å². The van der Waals surface area contributed by atoms with E-state index in [0.717, 1.165) is 6.42 Å². The van der Waals surface area contributed by atoms with E-state index < -0.39 is 12.1 Å². The molecular weight excluding hydrogens is 156 g/mol. The van der Waals surface area contributed by atoms with Crippen molar-refractivity contribution in [1.29, 1.82) is 0 Å². The average molecular weight is 172 g/mol. The van der Waals surface area contributed by atoms with Gasteiger partial charge in [0, 0.05) is 6.42 Å². The molecule has 0 spiro atoms. The predicted molar refractivity (Wildman–Crippen MR) is 46.9 cm³/mol. The summed E-state index contributed by atoms with van der Waals surface area (Å²) in [5.41, 5.74) is 0. The van der Waals surface area contributed by atoms with Crippen molar-refractivity contribution in [3.63, 3.8) is 0 Å². The second-order valence-electron chi connectivity index (χ2n) is 3.19. The smallest absolute Gasteiger partial charge is 0.332 e. The largest absolute Gasteiger partial charge is 0.479 e. The van der Waals surface area contributed by atoms with Gasteiger partial charge < -0.3 is 10.2 Å². The molecule has 0 aromatic heterocycles. The van der Waals surface area contributed by atoms with E-state index in [1.54, 1.807) is 6.08 Å². The molecule has 0 aliphatic heterocycles. The van der Waals surface area contributed by atoms with Crippen molar-refractivity contribution in [2.45, 2.75) is 32.8 Å². The summed E-state index contributed by atoms with van der Waals surface area (Å²) in [6, 6.07) is 0. The molecule has 0 heterocycles. The molecule has 0 amide bonds. The van der Waals surface area contributed by atoms with E-state index in [2.05, 4.69) is 13.8 Å². The summed E-state index contributed by atoms with van der Waals surface area (Å²) < 4.78 is 0. The monoisotopic (exact) mass is 172 g/mol. The Labute approximate surface area is 72.7 Å². The van der Waals surface area contributed by atoms with Gasteiger partial charge in [0.05, 0.1) is 0 Å². The van der Waals surface area contributed by atoms with Crippen LogP contribution in [0.5, 0.6) is 0 Å². The number of allylic oxidation sites excluding steroid dienone is 1. The van der Waals surface area contributed by atoms with Crippen LogP contribution < -0.4 is 0 Å². The number of carboxylic acids is 1. The molecule has 1 atom stereocenters. The lowest BCUT2D eigenvalue weighted by Crippen LogP contribution is -2.17. The lowest BCUT2D eigenvalue weighted by atomic mass is 10.1. The first-order chi connectivity index (χ1) is 5.54. The summed E-state index contributed by atoms with van der Waals surface area (Å²) in [5, 5.41) is 17.1. The maximum absolute atomic E-state index is 10.1. The van der Waals surface area contributed by atoms with Crippen LogP contribution in [0.25, 0.3) is 0 Å². The number of aliphatic carboxylic acids is 1. The van der Waals surface area contributed by atoms with E-state index >= 15 is 0 Å². The molecule has 0 aromatic rings. The van der Waals surface area contributed by atoms with E-state index in [-0.39, 0.29) is 6.42 Å². The zero-order chi connectivity index (χ0) is 9.56. The number of carbonyl (C=O) groups is 1. The standard InChI is InChI=1S/C9H16O3/c1-7(2)5-3-4-6-8(10)9(11)12/h3-4,7-8,10H,5-6H2,1-2H3,(H,11,12)/b4-3+. The van der Waals surface area contributed by atoms with Crippen LogP contribution in [-0.4, -0.2) is 22.3 Å². The highest BCUT2D eigenvalue weighted by atomic mass is 16.4. The number of carboxylic acid groups (broad SMARTS) is 1. The highest BCUT2D eigenvalue weighted by Crippen LogP contribution is 2.01. The minimum atomic E-state index is -1.26. The Bertz CT molecular complexity index is 161. The van der Waals surface area contributed by atoms with Crippen LogP contribution in [0.15, 0.2) is 12.2 Å². The normalized spacial score (nSPS) is 14.0. The van der Waals surface area contributed by atoms with Gasteiger partial charge in [-0.1, -0.05) is 26.0 Å². The summed E-state index contributed by atoms with van der Waals surface area (Å²) in [7, 11) is 0. The Morgan fingerprint density at radius 2 is 1.83 bits per heavy atom. The highest BCUT2D eigenvalue weighted by Gasteiger charge is 2.09. The van der Waals surface area contributed by atoms with E-state index in [0.29, 0.717) is 5.92 Å². The van der Waals surface area contributed by atoms with Gasteiger partial charge in [-0.15, -0.1) is 0 Å². The van der Waals surface area contributed by atoms with Crippen LogP contribution in [0.4, 0.5) is 0 Å². The molecule has 0 aromatic carbocycles. The molecular formula is C9H16O3. The van der Waals surface area contributed by atoms with Crippen LogP contribution in [0.3, 0.4) is 0 Å². The number of aliphatic hydroxyl groups is 1. The van der Waals surface area contributed by atoms with E-state index in [1.165, 1.54) is 0 Å². The van der Waals surface area contributed by atoms with Crippen LogP contribution in [0.1, 0.15) is 26.7 Å². The Kier molecular flexibility index (Phi) is 5.37. The summed E-state index contributed by atoms with van der Waals surface area (Å²) in [5.74, 6) is -0.590. The van der Waals surface area contributed by atoms with Crippen molar-refractivity contribution < 1.29 is 15.0 Å². The quantitative estimate of drug-likeness (QED) is 0.617. The number of hydrogen-bond donors (Lipinski definition) is 2. The number of aliphatic hydroxyl groups excluding tert-OH is 1. The molecule has 0 bridgehead atoms. The lowest BCUT2D eigenvalue weighted by molar-refractivity contribution is -0.146. The van der Waals surface area contributed by atoms with Crippen LogP contribution in [0, 0.1) is 5.92 Å². The van der Waals surface area contributed by atoms with Gasteiger partial charge in [-0.3, -0.25) is 0 Å². The Hall–Kier alpha value is -0.830. The minimum absolute atomic E-state index is 0.196. The Morgan fingerprint density at radius 1 is 1.33 bits per heavy atom. The zero-order valence-corrected chi connectivity index (χ0v) is 7.53. The molecule has 3 heteroatoms. The molecule has 0 saturated carbocycles. The second kappa shape index (κ2) is 5.77. The SMILES string of the molecule is CC(C)C/C=C/CC(O)C(=O)O. The van der Waals surface area contributed by atoms with Crippen LogP contribution in [0.2, 0.25) is 0 Å². The predicted octanol–water partition coefficient (Wildman–Crippen LogP) is 1.42. The van der Waals surface area contributed by atoms with Crippen molar-refractivity contribution >= 4 is 5.97 Å². The van der Waals surface area contributed by atoms with Gasteiger partial charge in [0.2, 0.25) is 0 Å². The molecule has 0 saturated heterocycles. The molecule has 2 N–H and O–H groups in total. The second-order valence-corrected chi connectivity index (χ2v) is 3.19. The molecule has 0 radical (unpaired) electrons. The fourth-order valence-corrected chi connectivity index (χ4v) is 0.694. The van der Waals surface area contributed by atoms with E-state index in [1.807, 2.05) is 6.08 Å². The first-order valence-corrected chi connectivity index (χ1v) is 4.10. The summed E-state index contributed by atoms with van der Waals surface area (Å²) in [6.45, 7) is 4.16. The van der Waals surface area contributed by atoms with Gasteiger partial charge in [-0.05, 0) is 12.3 Å². The summed E-state index contributed by atoms with van der Waals surface area (Å²) in [6.07, 6.45) is 3.47. The molecule has 0 aliphatic rings. The molecule has 0 rings (SSSR count). The fraction of sp³-hybridized carbons (Fsp3) is 0.667. The number of hydrogen-bond acceptors (Lipinski definition) is 2. The number of rotatable bonds is 5. The van der Waals surface area contributed by atoms with Crippen LogP contribution in [-0.2, 0) is 4.79 Å². The van der Waals surface area contributed by atoms with E-state index in [4.69, 9.17) is 10.2 Å². The van der Waals surface area contributed by atoms with Crippen LogP contribution >= 0.6 is 0 Å². The topological polar surface area (TPSA) is 57.5 Å². The average Bonchev–Trinajstić information content (AvgIpc) is 1.97. The van der Waals surface area contributed by atoms with Gasteiger partial charge in [0.1, 0.15) is 0 Å². The maximum atomic E-state index is 10.1. The highest BCUT2D eigenvalue weighted by molar-refractivity contribution is 5.72. The molecule has 70 valence electrons. The molecule has 12 heavy (non-hydrogen) atoms. The van der Waals surface area contributed by atoms with Gasteiger partial charge in [-0.25, -0.2) is 4.79 Å². The Morgan fingerprint density at radius 3 is 2.25 bits per heavy atom. The van der Waals surface area contributed by atoms with Gasteiger partial charge in [-0.2, -0.15) is 0 Å². The molecule has 0 aliphatic carbocycles. The zero-order valence-electron chi connectivity index (χ0n) is 7.53. The molecule has 0 fully saturated rings. The van der Waals surface area contributed by atoms with Crippen molar-refractivity contribution in [3.8, 4) is 0 Å². The summed E-state index contributed by atoms with van der Waals surface area (Å²) in [4.78, 5) is 10.1. The fourth-order valence-electron chi connectivity index (χ4n) is 0.694. The van der Waals surface area contributed by atoms with Crippen molar-refractivity contribution in [2.75, 3.05) is 0 Å². The summed E-state index contributed by atoms with van der Waals surface area (Å²) >= 11 is 0. The molecule has 1 unspecified atom stereocenters. The van der Waals surface area contributed by atoms with Crippen molar-refractivity contribution in [3.05, 3.63) is 12.2 Å². The minimum Gasteiger partial charge on any atom is -0.479 e. The Balaban J connectivity index is 3.53. The van der Waals surface area contributed by atoms with Crippen molar-refractivity contribution in [2.24, 2.45) is 5.92 Å². The third-order valence-electron chi connectivity index (χ3n) is 1.42. The first kappa shape index (κ1) is 11.2. The maximum Gasteiger partial charge on any atom is 0.332 e. The van der Waals surface area contributed by atoms with Crippen molar-refractivity contribution in [1.82, 2.24) is 0 Å². The van der Waals surface area contributed by atoms with Gasteiger partial charge >= 0.3 is 5.97 Å². The third kappa shape index (κ3) is 5.92. The first-order valence-electron chi connectivity index (χ1n) is 4.10. The van der Waals surface area contributed by atoms with Gasteiger partial charge in [0.25, 0.3) is 0 Å². The lowest BCUT2D eigenvalue weighted by Gasteiger charge is -2.00.